The first-order valence-electron chi connectivity index (χ1n) is 8.71. The second-order valence-corrected chi connectivity index (χ2v) is 6.17. The molecule has 2 rings (SSSR count). The van der Waals surface area contributed by atoms with E-state index in [1.54, 1.807) is 26.8 Å². The van der Waals surface area contributed by atoms with Gasteiger partial charge in [0.1, 0.15) is 11.4 Å². The number of anilines is 1. The van der Waals surface area contributed by atoms with Crippen molar-refractivity contribution in [3.8, 4) is 0 Å². The maximum absolute atomic E-state index is 12.4. The molecule has 0 aliphatic carbocycles. The van der Waals surface area contributed by atoms with Crippen LogP contribution in [0.4, 0.5) is 11.4 Å². The first-order valence-corrected chi connectivity index (χ1v) is 8.71. The topological polar surface area (TPSA) is 141 Å². The largest absolute Gasteiger partial charge is 0.465 e. The van der Waals surface area contributed by atoms with Gasteiger partial charge in [0.2, 0.25) is 0 Å². The molecule has 2 aromatic rings. The summed E-state index contributed by atoms with van der Waals surface area (Å²) in [4.78, 5) is 49.8. The van der Waals surface area contributed by atoms with Gasteiger partial charge in [0.15, 0.2) is 6.61 Å². The van der Waals surface area contributed by atoms with Crippen molar-refractivity contribution in [2.75, 3.05) is 19.0 Å². The number of esters is 2. The van der Waals surface area contributed by atoms with Crippen molar-refractivity contribution in [2.24, 2.45) is 0 Å². The van der Waals surface area contributed by atoms with Crippen LogP contribution in [0, 0.1) is 24.0 Å². The van der Waals surface area contributed by atoms with Gasteiger partial charge in [-0.3, -0.25) is 14.9 Å². The van der Waals surface area contributed by atoms with Gasteiger partial charge in [-0.05, 0) is 31.4 Å². The number of para-hydroxylation sites is 1. The summed E-state index contributed by atoms with van der Waals surface area (Å²) in [6, 6.07) is 4.37. The Morgan fingerprint density at radius 1 is 1.21 bits per heavy atom. The summed E-state index contributed by atoms with van der Waals surface area (Å²) in [5, 5.41) is 13.5. The Kier molecular flexibility index (Phi) is 6.71. The highest BCUT2D eigenvalue weighted by molar-refractivity contribution is 6.00. The summed E-state index contributed by atoms with van der Waals surface area (Å²) >= 11 is 0. The Bertz CT molecular complexity index is 978. The lowest BCUT2D eigenvalue weighted by atomic mass is 10.1. The summed E-state index contributed by atoms with van der Waals surface area (Å²) in [5.74, 6) is -2.15. The van der Waals surface area contributed by atoms with E-state index in [9.17, 15) is 24.5 Å². The molecule has 10 nitrogen and oxygen atoms in total. The monoisotopic (exact) mass is 403 g/mol. The van der Waals surface area contributed by atoms with Crippen LogP contribution in [-0.2, 0) is 20.7 Å². The minimum Gasteiger partial charge on any atom is -0.465 e. The molecular weight excluding hydrogens is 382 g/mol. The van der Waals surface area contributed by atoms with Crippen LogP contribution < -0.4 is 5.32 Å². The molecule has 1 aromatic heterocycles. The molecule has 0 aliphatic heterocycles. The molecular formula is C19H21N3O7. The molecule has 0 unspecified atom stereocenters. The highest BCUT2D eigenvalue weighted by atomic mass is 16.6. The number of carbonyl (C=O) groups excluding carboxylic acids is 3. The summed E-state index contributed by atoms with van der Waals surface area (Å²) in [6.07, 6.45) is 0.454. The number of carbonyl (C=O) groups is 3. The van der Waals surface area contributed by atoms with Crippen molar-refractivity contribution < 1.29 is 28.8 Å². The number of hydrogen-bond donors (Lipinski definition) is 2. The number of aromatic amines is 1. The second-order valence-electron chi connectivity index (χ2n) is 6.17. The van der Waals surface area contributed by atoms with Crippen LogP contribution in [0.3, 0.4) is 0 Å². The predicted octanol–water partition coefficient (Wildman–Crippen LogP) is 2.68. The molecule has 0 radical (unpaired) electrons. The molecule has 0 spiro atoms. The molecule has 1 amide bonds. The van der Waals surface area contributed by atoms with E-state index in [2.05, 4.69) is 10.3 Å². The summed E-state index contributed by atoms with van der Waals surface area (Å²) < 4.78 is 9.73. The van der Waals surface area contributed by atoms with Gasteiger partial charge in [-0.25, -0.2) is 9.59 Å². The number of aromatic nitrogens is 1. The fourth-order valence-electron chi connectivity index (χ4n) is 2.85. The number of hydrogen-bond acceptors (Lipinski definition) is 7. The number of nitro groups is 1. The third-order valence-corrected chi connectivity index (χ3v) is 4.32. The Labute approximate surface area is 166 Å². The summed E-state index contributed by atoms with van der Waals surface area (Å²) in [6.45, 7) is 4.32. The molecule has 10 heteroatoms. The van der Waals surface area contributed by atoms with E-state index in [0.717, 1.165) is 0 Å². The number of methoxy groups -OCH3 is 1. The van der Waals surface area contributed by atoms with Crippen LogP contribution >= 0.6 is 0 Å². The third-order valence-electron chi connectivity index (χ3n) is 4.32. The number of nitrogens with one attached hydrogen (secondary N) is 2. The molecule has 0 fully saturated rings. The van der Waals surface area contributed by atoms with Gasteiger partial charge in [-0.15, -0.1) is 0 Å². The Morgan fingerprint density at radius 2 is 1.90 bits per heavy atom. The number of nitro benzene ring substituents is 1. The van der Waals surface area contributed by atoms with Crippen LogP contribution in [0.5, 0.6) is 0 Å². The lowest BCUT2D eigenvalue weighted by molar-refractivity contribution is -0.384. The predicted molar refractivity (Wildman–Crippen MR) is 103 cm³/mol. The zero-order chi connectivity index (χ0) is 21.7. The number of ether oxygens (including phenoxy) is 2. The standard InChI is InChI=1S/C19H21N3O7/c1-5-12-15(18(24)28-4)11(3)17(20-12)19(25)29-9-14(23)21-16-10(2)7-6-8-13(16)22(26)27/h6-8,20H,5,9H2,1-4H3,(H,21,23). The van der Waals surface area contributed by atoms with Crippen molar-refractivity contribution in [2.45, 2.75) is 27.2 Å². The summed E-state index contributed by atoms with van der Waals surface area (Å²) in [7, 11) is 1.24. The second kappa shape index (κ2) is 9.00. The van der Waals surface area contributed by atoms with Crippen molar-refractivity contribution in [3.63, 3.8) is 0 Å². The number of benzene rings is 1. The van der Waals surface area contributed by atoms with E-state index in [1.807, 2.05) is 0 Å². The van der Waals surface area contributed by atoms with E-state index in [0.29, 0.717) is 23.2 Å². The minimum atomic E-state index is -0.832. The first kappa shape index (κ1) is 21.6. The van der Waals surface area contributed by atoms with Gasteiger partial charge in [0.05, 0.1) is 17.6 Å². The number of nitrogens with zero attached hydrogens (tertiary/aromatic N) is 1. The third kappa shape index (κ3) is 4.60. The van der Waals surface area contributed by atoms with Crippen molar-refractivity contribution in [1.29, 1.82) is 0 Å². The molecule has 2 N–H and O–H groups in total. The first-order chi connectivity index (χ1) is 13.7. The maximum atomic E-state index is 12.4. The van der Waals surface area contributed by atoms with Crippen molar-refractivity contribution in [3.05, 3.63) is 56.4 Å². The van der Waals surface area contributed by atoms with Gasteiger partial charge < -0.3 is 19.8 Å². The average Bonchev–Trinajstić information content (AvgIpc) is 3.03. The van der Waals surface area contributed by atoms with Gasteiger partial charge in [0.25, 0.3) is 11.6 Å². The van der Waals surface area contributed by atoms with E-state index >= 15 is 0 Å². The molecule has 0 atom stereocenters. The van der Waals surface area contributed by atoms with Crippen LogP contribution in [0.25, 0.3) is 0 Å². The smallest absolute Gasteiger partial charge is 0.355 e. The van der Waals surface area contributed by atoms with E-state index < -0.39 is 29.4 Å². The minimum absolute atomic E-state index is 0.0378. The normalized spacial score (nSPS) is 10.3. The van der Waals surface area contributed by atoms with Gasteiger partial charge in [-0.1, -0.05) is 19.1 Å². The van der Waals surface area contributed by atoms with E-state index in [4.69, 9.17) is 9.47 Å². The molecule has 1 aromatic carbocycles. The Balaban J connectivity index is 2.13. The molecule has 29 heavy (non-hydrogen) atoms. The Morgan fingerprint density at radius 3 is 2.48 bits per heavy atom. The van der Waals surface area contributed by atoms with Crippen LogP contribution in [-0.4, -0.2) is 41.5 Å². The zero-order valence-electron chi connectivity index (χ0n) is 16.5. The van der Waals surface area contributed by atoms with Gasteiger partial charge >= 0.3 is 11.9 Å². The van der Waals surface area contributed by atoms with Crippen molar-refractivity contribution in [1.82, 2.24) is 4.98 Å². The molecule has 0 aliphatic rings. The lowest BCUT2D eigenvalue weighted by Crippen LogP contribution is -2.22. The molecule has 154 valence electrons. The van der Waals surface area contributed by atoms with E-state index in [-0.39, 0.29) is 22.6 Å². The number of H-pyrrole nitrogens is 1. The van der Waals surface area contributed by atoms with Gasteiger partial charge in [0, 0.05) is 11.8 Å². The molecule has 0 bridgehead atoms. The number of rotatable bonds is 7. The van der Waals surface area contributed by atoms with Crippen LogP contribution in [0.2, 0.25) is 0 Å². The molecule has 0 saturated heterocycles. The fourth-order valence-corrected chi connectivity index (χ4v) is 2.85. The van der Waals surface area contributed by atoms with Gasteiger partial charge in [-0.2, -0.15) is 0 Å². The van der Waals surface area contributed by atoms with E-state index in [1.165, 1.54) is 19.2 Å². The fraction of sp³-hybridized carbons (Fsp3) is 0.316. The number of amides is 1. The van der Waals surface area contributed by atoms with Crippen LogP contribution in [0.1, 0.15) is 44.6 Å². The SMILES string of the molecule is CCc1[nH]c(C(=O)OCC(=O)Nc2c(C)cccc2[N+](=O)[O-])c(C)c1C(=O)OC. The molecule has 0 saturated carbocycles. The van der Waals surface area contributed by atoms with Crippen molar-refractivity contribution >= 4 is 29.2 Å². The number of aryl methyl sites for hydroxylation is 2. The quantitative estimate of drug-likeness (QED) is 0.411. The summed E-state index contributed by atoms with van der Waals surface area (Å²) in [5.41, 5.74) is 1.43. The highest BCUT2D eigenvalue weighted by Crippen LogP contribution is 2.27. The highest BCUT2D eigenvalue weighted by Gasteiger charge is 2.25. The average molecular weight is 403 g/mol. The van der Waals surface area contributed by atoms with Crippen LogP contribution in [0.15, 0.2) is 18.2 Å². The maximum Gasteiger partial charge on any atom is 0.355 e. The zero-order valence-corrected chi connectivity index (χ0v) is 16.5. The molecule has 1 heterocycles. The Hall–Kier alpha value is -3.69. The lowest BCUT2D eigenvalue weighted by Gasteiger charge is -2.09.